The van der Waals surface area contributed by atoms with Gasteiger partial charge in [0.25, 0.3) is 0 Å². The van der Waals surface area contributed by atoms with Crippen molar-refractivity contribution in [2.24, 2.45) is 0 Å². The van der Waals surface area contributed by atoms with Crippen LogP contribution in [-0.2, 0) is 4.79 Å². The lowest BCUT2D eigenvalue weighted by Gasteiger charge is -2.40. The van der Waals surface area contributed by atoms with Crippen molar-refractivity contribution >= 4 is 22.8 Å². The van der Waals surface area contributed by atoms with Crippen molar-refractivity contribution in [3.8, 4) is 5.82 Å². The number of carbonyl (C=O) groups is 1. The maximum atomic E-state index is 13.3. The summed E-state index contributed by atoms with van der Waals surface area (Å²) in [6.45, 7) is 13.2. The van der Waals surface area contributed by atoms with Gasteiger partial charge in [-0.25, -0.2) is 19.0 Å². The van der Waals surface area contributed by atoms with E-state index in [-0.39, 0.29) is 18.0 Å². The Morgan fingerprint density at radius 3 is 2.77 bits per heavy atom. The molecule has 1 saturated heterocycles. The van der Waals surface area contributed by atoms with E-state index in [1.165, 1.54) is 6.08 Å². The normalized spacial score (nSPS) is 16.9. The number of aryl methyl sites for hydroxylation is 1. The van der Waals surface area contributed by atoms with E-state index in [0.29, 0.717) is 36.9 Å². The molecule has 0 spiro atoms. The molecule has 162 valence electrons. The first-order valence-electron chi connectivity index (χ1n) is 10.4. The fourth-order valence-electron chi connectivity index (χ4n) is 4.15. The standard InChI is InChI=1S/C22H27N7O2/c1-6-18(30)26-10-11-27(16(5)13-26)20-17-8-7-9-23-19(17)28(22(31)25-20)21-15(4)12-24-29(21)14(2)3/h6-9,12,14,16H,1,10-11,13H2,2-5H3/t16-/m0/s1. The molecular formula is C22H27N7O2. The SMILES string of the molecule is C=CC(=O)N1CCN(c2nc(=O)n(-c3c(C)cnn3C(C)C)c3ncccc23)[C@@H](C)C1. The van der Waals surface area contributed by atoms with Gasteiger partial charge in [-0.15, -0.1) is 0 Å². The summed E-state index contributed by atoms with van der Waals surface area (Å²) < 4.78 is 3.36. The fourth-order valence-corrected chi connectivity index (χ4v) is 4.15. The van der Waals surface area contributed by atoms with Crippen LogP contribution in [-0.4, -0.2) is 60.8 Å². The maximum Gasteiger partial charge on any atom is 0.357 e. The lowest BCUT2D eigenvalue weighted by Crippen LogP contribution is -2.54. The van der Waals surface area contributed by atoms with Crippen LogP contribution >= 0.6 is 0 Å². The van der Waals surface area contributed by atoms with Crippen LogP contribution in [0, 0.1) is 6.92 Å². The summed E-state index contributed by atoms with van der Waals surface area (Å²) in [4.78, 5) is 38.2. The van der Waals surface area contributed by atoms with Gasteiger partial charge < -0.3 is 9.80 Å². The van der Waals surface area contributed by atoms with Gasteiger partial charge in [0.1, 0.15) is 11.6 Å². The Morgan fingerprint density at radius 2 is 2.10 bits per heavy atom. The Kier molecular flexibility index (Phi) is 5.34. The summed E-state index contributed by atoms with van der Waals surface area (Å²) in [5.41, 5.74) is 1.02. The molecule has 0 unspecified atom stereocenters. The van der Waals surface area contributed by atoms with Crippen molar-refractivity contribution in [1.29, 1.82) is 0 Å². The molecule has 31 heavy (non-hydrogen) atoms. The van der Waals surface area contributed by atoms with Crippen LogP contribution in [0.5, 0.6) is 0 Å². The molecule has 4 heterocycles. The molecule has 0 N–H and O–H groups in total. The third-order valence-electron chi connectivity index (χ3n) is 5.66. The molecule has 1 atom stereocenters. The highest BCUT2D eigenvalue weighted by molar-refractivity contribution is 5.89. The van der Waals surface area contributed by atoms with Gasteiger partial charge in [0, 0.05) is 43.5 Å². The summed E-state index contributed by atoms with van der Waals surface area (Å²) in [7, 11) is 0. The van der Waals surface area contributed by atoms with Gasteiger partial charge in [-0.05, 0) is 45.9 Å². The average Bonchev–Trinajstić information content (AvgIpc) is 3.14. The second-order valence-corrected chi connectivity index (χ2v) is 8.15. The van der Waals surface area contributed by atoms with Crippen LogP contribution in [0.3, 0.4) is 0 Å². The van der Waals surface area contributed by atoms with E-state index in [9.17, 15) is 9.59 Å². The maximum absolute atomic E-state index is 13.3. The number of fused-ring (bicyclic) bond motifs is 1. The Hall–Kier alpha value is -3.49. The van der Waals surface area contributed by atoms with Crippen LogP contribution < -0.4 is 10.6 Å². The Labute approximate surface area is 180 Å². The highest BCUT2D eigenvalue weighted by Crippen LogP contribution is 2.28. The van der Waals surface area contributed by atoms with Crippen molar-refractivity contribution in [2.75, 3.05) is 24.5 Å². The first-order valence-corrected chi connectivity index (χ1v) is 10.4. The Balaban J connectivity index is 1.86. The predicted octanol–water partition coefficient (Wildman–Crippen LogP) is 2.09. The van der Waals surface area contributed by atoms with E-state index in [0.717, 1.165) is 10.9 Å². The van der Waals surface area contributed by atoms with Crippen LogP contribution in [0.25, 0.3) is 16.9 Å². The molecule has 1 aliphatic heterocycles. The Morgan fingerprint density at radius 1 is 1.32 bits per heavy atom. The van der Waals surface area contributed by atoms with Gasteiger partial charge in [0.2, 0.25) is 5.91 Å². The first-order chi connectivity index (χ1) is 14.8. The molecule has 0 saturated carbocycles. The van der Waals surface area contributed by atoms with E-state index in [1.807, 2.05) is 44.5 Å². The average molecular weight is 422 g/mol. The minimum absolute atomic E-state index is 0.00765. The molecule has 3 aromatic heterocycles. The summed E-state index contributed by atoms with van der Waals surface area (Å²) in [5, 5.41) is 5.23. The first kappa shape index (κ1) is 20.8. The minimum atomic E-state index is -0.400. The molecule has 3 aromatic rings. The van der Waals surface area contributed by atoms with Crippen molar-refractivity contribution < 1.29 is 4.79 Å². The van der Waals surface area contributed by atoms with Crippen LogP contribution in [0.4, 0.5) is 5.82 Å². The third-order valence-corrected chi connectivity index (χ3v) is 5.66. The third kappa shape index (κ3) is 3.49. The van der Waals surface area contributed by atoms with Gasteiger partial charge in [0.15, 0.2) is 5.65 Å². The summed E-state index contributed by atoms with van der Waals surface area (Å²) >= 11 is 0. The largest absolute Gasteiger partial charge is 0.357 e. The number of piperazine rings is 1. The summed E-state index contributed by atoms with van der Waals surface area (Å²) in [6.07, 6.45) is 4.77. The number of amides is 1. The van der Waals surface area contributed by atoms with Gasteiger partial charge >= 0.3 is 5.69 Å². The number of hydrogen-bond acceptors (Lipinski definition) is 6. The van der Waals surface area contributed by atoms with E-state index < -0.39 is 5.69 Å². The zero-order valence-corrected chi connectivity index (χ0v) is 18.3. The molecule has 0 bridgehead atoms. The summed E-state index contributed by atoms with van der Waals surface area (Å²) in [5.74, 6) is 1.19. The quantitative estimate of drug-likeness (QED) is 0.600. The van der Waals surface area contributed by atoms with Gasteiger partial charge in [0.05, 0.1) is 11.6 Å². The van der Waals surface area contributed by atoms with Gasteiger partial charge in [-0.1, -0.05) is 6.58 Å². The Bertz CT molecular complexity index is 1210. The number of hydrogen-bond donors (Lipinski definition) is 0. The fraction of sp³-hybridized carbons (Fsp3) is 0.409. The lowest BCUT2D eigenvalue weighted by atomic mass is 10.1. The molecule has 4 rings (SSSR count). The van der Waals surface area contributed by atoms with E-state index >= 15 is 0 Å². The van der Waals surface area contributed by atoms with Crippen LogP contribution in [0.1, 0.15) is 32.4 Å². The van der Waals surface area contributed by atoms with Crippen molar-refractivity contribution in [2.45, 2.75) is 39.8 Å². The molecule has 0 aliphatic carbocycles. The van der Waals surface area contributed by atoms with Crippen LogP contribution in [0.15, 0.2) is 42.0 Å². The molecule has 0 radical (unpaired) electrons. The topological polar surface area (TPSA) is 89.2 Å². The molecule has 0 aromatic carbocycles. The van der Waals surface area contributed by atoms with E-state index in [4.69, 9.17) is 0 Å². The molecule has 1 fully saturated rings. The van der Waals surface area contributed by atoms with E-state index in [1.54, 1.807) is 21.9 Å². The highest BCUT2D eigenvalue weighted by Gasteiger charge is 2.29. The molecule has 1 amide bonds. The minimum Gasteiger partial charge on any atom is -0.350 e. The molecule has 1 aliphatic rings. The lowest BCUT2D eigenvalue weighted by molar-refractivity contribution is -0.126. The van der Waals surface area contributed by atoms with Crippen LogP contribution in [0.2, 0.25) is 0 Å². The van der Waals surface area contributed by atoms with Gasteiger partial charge in [-0.3, -0.25) is 4.79 Å². The molecular weight excluding hydrogens is 394 g/mol. The summed E-state index contributed by atoms with van der Waals surface area (Å²) in [6, 6.07) is 3.84. The van der Waals surface area contributed by atoms with Gasteiger partial charge in [-0.2, -0.15) is 10.1 Å². The second kappa shape index (κ2) is 7.98. The zero-order chi connectivity index (χ0) is 22.3. The predicted molar refractivity (Wildman–Crippen MR) is 120 cm³/mol. The molecule has 9 nitrogen and oxygen atoms in total. The van der Waals surface area contributed by atoms with E-state index in [2.05, 4.69) is 26.5 Å². The number of pyridine rings is 1. The smallest absolute Gasteiger partial charge is 0.350 e. The second-order valence-electron chi connectivity index (χ2n) is 8.15. The number of anilines is 1. The number of carbonyl (C=O) groups excluding carboxylic acids is 1. The molecule has 9 heteroatoms. The van der Waals surface area contributed by atoms with Crippen molar-refractivity contribution in [3.05, 3.63) is 53.2 Å². The number of nitrogens with zero attached hydrogens (tertiary/aromatic N) is 7. The van der Waals surface area contributed by atoms with Crippen molar-refractivity contribution in [1.82, 2.24) is 29.2 Å². The number of rotatable bonds is 4. The zero-order valence-electron chi connectivity index (χ0n) is 18.3. The monoisotopic (exact) mass is 421 g/mol. The van der Waals surface area contributed by atoms with Crippen molar-refractivity contribution in [3.63, 3.8) is 0 Å². The highest BCUT2D eigenvalue weighted by atomic mass is 16.2. The number of aromatic nitrogens is 5.